The maximum absolute atomic E-state index is 14.2. The molecule has 3 amide bonds. The Morgan fingerprint density at radius 3 is 2.05 bits per heavy atom. The summed E-state index contributed by atoms with van der Waals surface area (Å²) in [5.41, 5.74) is 0.318. The average molecular weight is 542 g/mol. The third-order valence-corrected chi connectivity index (χ3v) is 6.11. The lowest BCUT2D eigenvalue weighted by Gasteiger charge is -2.38. The molecule has 2 rings (SSSR count). The van der Waals surface area contributed by atoms with Crippen LogP contribution in [0.3, 0.4) is 0 Å². The summed E-state index contributed by atoms with van der Waals surface area (Å²) < 4.78 is 10.6. The zero-order chi connectivity index (χ0) is 29.3. The number of anilines is 1. The van der Waals surface area contributed by atoms with E-state index < -0.39 is 35.6 Å². The molecule has 0 heterocycles. The van der Waals surface area contributed by atoms with Crippen molar-refractivity contribution in [3.8, 4) is 11.5 Å². The van der Waals surface area contributed by atoms with Gasteiger partial charge in [0.25, 0.3) is 5.91 Å². The molecular formula is C30H43N3O6. The number of aromatic hydroxyl groups is 1. The van der Waals surface area contributed by atoms with Crippen LogP contribution < -0.4 is 15.4 Å². The largest absolute Gasteiger partial charge is 0.508 e. The SMILES string of the molecule is CCC(C)N(C(=O)C(CC(C)C)NC(=O)OC(C)(C)C)C(C(=O)Nc1ccc(OC)cc1)c1ccc(O)cc1. The highest BCUT2D eigenvalue weighted by Gasteiger charge is 2.38. The molecule has 0 aliphatic rings. The predicted molar refractivity (Wildman–Crippen MR) is 152 cm³/mol. The zero-order valence-corrected chi connectivity index (χ0v) is 24.3. The van der Waals surface area contributed by atoms with Crippen LogP contribution in [0.1, 0.15) is 72.9 Å². The number of phenols is 1. The van der Waals surface area contributed by atoms with Gasteiger partial charge in [-0.2, -0.15) is 0 Å². The fourth-order valence-electron chi connectivity index (χ4n) is 4.10. The minimum Gasteiger partial charge on any atom is -0.508 e. The third kappa shape index (κ3) is 9.50. The molecule has 39 heavy (non-hydrogen) atoms. The maximum Gasteiger partial charge on any atom is 0.408 e. The van der Waals surface area contributed by atoms with Gasteiger partial charge in [-0.25, -0.2) is 4.79 Å². The van der Waals surface area contributed by atoms with Crippen molar-refractivity contribution < 1.29 is 29.0 Å². The van der Waals surface area contributed by atoms with E-state index in [9.17, 15) is 19.5 Å². The van der Waals surface area contributed by atoms with Crippen molar-refractivity contribution in [3.05, 3.63) is 54.1 Å². The van der Waals surface area contributed by atoms with Crippen LogP contribution in [0.4, 0.5) is 10.5 Å². The van der Waals surface area contributed by atoms with Gasteiger partial charge in [0, 0.05) is 11.7 Å². The van der Waals surface area contributed by atoms with E-state index >= 15 is 0 Å². The Balaban J connectivity index is 2.53. The Morgan fingerprint density at radius 1 is 0.974 bits per heavy atom. The molecule has 214 valence electrons. The standard InChI is InChI=1S/C30H43N3O6/c1-9-20(4)33(28(36)25(18-19(2)3)32-29(37)39-30(5,6)7)26(21-10-14-23(34)15-11-21)27(35)31-22-12-16-24(38-8)17-13-22/h10-17,19-20,25-26,34H,9,18H2,1-8H3,(H,31,35)(H,32,37). The Labute approximate surface area is 231 Å². The van der Waals surface area contributed by atoms with E-state index in [4.69, 9.17) is 9.47 Å². The van der Waals surface area contributed by atoms with Crippen molar-refractivity contribution >= 4 is 23.6 Å². The second kappa shape index (κ2) is 13.9. The van der Waals surface area contributed by atoms with Gasteiger partial charge in [-0.1, -0.05) is 32.9 Å². The summed E-state index contributed by atoms with van der Waals surface area (Å²) in [5, 5.41) is 15.5. The number of amides is 3. The molecule has 0 fully saturated rings. The number of rotatable bonds is 11. The Kier molecular flexibility index (Phi) is 11.2. The van der Waals surface area contributed by atoms with Crippen LogP contribution in [-0.4, -0.2) is 52.7 Å². The lowest BCUT2D eigenvalue weighted by molar-refractivity contribution is -0.143. The molecule has 2 aromatic rings. The van der Waals surface area contributed by atoms with E-state index in [2.05, 4.69) is 10.6 Å². The number of alkyl carbamates (subject to hydrolysis) is 1. The fourth-order valence-corrected chi connectivity index (χ4v) is 4.10. The normalized spacial score (nSPS) is 13.7. The molecular weight excluding hydrogens is 498 g/mol. The van der Waals surface area contributed by atoms with Gasteiger partial charge in [0.1, 0.15) is 29.2 Å². The molecule has 9 heteroatoms. The van der Waals surface area contributed by atoms with Crippen LogP contribution in [-0.2, 0) is 14.3 Å². The Morgan fingerprint density at radius 2 is 1.56 bits per heavy atom. The van der Waals surface area contributed by atoms with Crippen LogP contribution in [0, 0.1) is 5.92 Å². The Bertz CT molecular complexity index is 1090. The molecule has 3 atom stereocenters. The first-order valence-corrected chi connectivity index (χ1v) is 13.3. The van der Waals surface area contributed by atoms with Gasteiger partial charge < -0.3 is 30.1 Å². The van der Waals surface area contributed by atoms with Crippen molar-refractivity contribution in [1.29, 1.82) is 0 Å². The van der Waals surface area contributed by atoms with Crippen molar-refractivity contribution in [2.75, 3.05) is 12.4 Å². The molecule has 0 aliphatic carbocycles. The number of hydrogen-bond donors (Lipinski definition) is 3. The van der Waals surface area contributed by atoms with Crippen LogP contribution in [0.25, 0.3) is 0 Å². The average Bonchev–Trinajstić information content (AvgIpc) is 2.85. The molecule has 0 aromatic heterocycles. The number of nitrogens with zero attached hydrogens (tertiary/aromatic N) is 1. The zero-order valence-electron chi connectivity index (χ0n) is 24.3. The summed E-state index contributed by atoms with van der Waals surface area (Å²) in [6, 6.07) is 10.8. The van der Waals surface area contributed by atoms with Gasteiger partial charge in [0.2, 0.25) is 5.91 Å². The number of carbonyl (C=O) groups is 3. The summed E-state index contributed by atoms with van der Waals surface area (Å²) >= 11 is 0. The topological polar surface area (TPSA) is 117 Å². The number of hydrogen-bond acceptors (Lipinski definition) is 6. The minimum atomic E-state index is -1.04. The van der Waals surface area contributed by atoms with E-state index in [-0.39, 0.29) is 17.7 Å². The summed E-state index contributed by atoms with van der Waals surface area (Å²) in [4.78, 5) is 42.3. The molecule has 0 saturated carbocycles. The van der Waals surface area contributed by atoms with Crippen molar-refractivity contribution in [2.45, 2.75) is 85.0 Å². The quantitative estimate of drug-likeness (QED) is 0.339. The second-order valence-electron chi connectivity index (χ2n) is 11.0. The Hall–Kier alpha value is -3.75. The molecule has 0 saturated heterocycles. The number of carbonyl (C=O) groups excluding carboxylic acids is 3. The van der Waals surface area contributed by atoms with E-state index in [0.717, 1.165) is 0 Å². The first-order chi connectivity index (χ1) is 18.2. The first kappa shape index (κ1) is 31.5. The highest BCUT2D eigenvalue weighted by molar-refractivity contribution is 5.99. The predicted octanol–water partition coefficient (Wildman–Crippen LogP) is 5.65. The van der Waals surface area contributed by atoms with Gasteiger partial charge >= 0.3 is 6.09 Å². The lowest BCUT2D eigenvalue weighted by Crippen LogP contribution is -2.55. The van der Waals surface area contributed by atoms with Gasteiger partial charge in [0.15, 0.2) is 0 Å². The van der Waals surface area contributed by atoms with Crippen LogP contribution in [0.15, 0.2) is 48.5 Å². The molecule has 0 aliphatic heterocycles. The smallest absolute Gasteiger partial charge is 0.408 e. The van der Waals surface area contributed by atoms with Crippen LogP contribution in [0.5, 0.6) is 11.5 Å². The molecule has 9 nitrogen and oxygen atoms in total. The third-order valence-electron chi connectivity index (χ3n) is 6.11. The van der Waals surface area contributed by atoms with Crippen molar-refractivity contribution in [1.82, 2.24) is 10.2 Å². The number of benzene rings is 2. The minimum absolute atomic E-state index is 0.0405. The van der Waals surface area contributed by atoms with Gasteiger partial charge in [0.05, 0.1) is 7.11 Å². The van der Waals surface area contributed by atoms with Gasteiger partial charge in [-0.05, 0) is 88.4 Å². The van der Waals surface area contributed by atoms with E-state index in [1.54, 1.807) is 64.3 Å². The van der Waals surface area contributed by atoms with Crippen molar-refractivity contribution in [2.24, 2.45) is 5.92 Å². The van der Waals surface area contributed by atoms with Crippen LogP contribution >= 0.6 is 0 Å². The van der Waals surface area contributed by atoms with Gasteiger partial charge in [-0.3, -0.25) is 9.59 Å². The van der Waals surface area contributed by atoms with E-state index in [1.165, 1.54) is 17.0 Å². The monoisotopic (exact) mass is 541 g/mol. The molecule has 3 N–H and O–H groups in total. The van der Waals surface area contributed by atoms with Crippen molar-refractivity contribution in [3.63, 3.8) is 0 Å². The van der Waals surface area contributed by atoms with Crippen LogP contribution in [0.2, 0.25) is 0 Å². The molecule has 0 spiro atoms. The van der Waals surface area contributed by atoms with E-state index in [0.29, 0.717) is 29.8 Å². The summed E-state index contributed by atoms with van der Waals surface area (Å²) in [6.45, 7) is 13.0. The number of methoxy groups -OCH3 is 1. The highest BCUT2D eigenvalue weighted by atomic mass is 16.6. The maximum atomic E-state index is 14.2. The first-order valence-electron chi connectivity index (χ1n) is 13.3. The molecule has 0 radical (unpaired) electrons. The number of ether oxygens (including phenoxy) is 2. The molecule has 3 unspecified atom stereocenters. The highest BCUT2D eigenvalue weighted by Crippen LogP contribution is 2.30. The summed E-state index contributed by atoms with van der Waals surface area (Å²) in [7, 11) is 1.56. The summed E-state index contributed by atoms with van der Waals surface area (Å²) in [5.74, 6) is -0.0668. The lowest BCUT2D eigenvalue weighted by atomic mass is 9.97. The second-order valence-corrected chi connectivity index (χ2v) is 11.0. The fraction of sp³-hybridized carbons (Fsp3) is 0.500. The summed E-state index contributed by atoms with van der Waals surface area (Å²) in [6.07, 6.45) is 0.221. The van der Waals surface area contributed by atoms with Gasteiger partial charge in [-0.15, -0.1) is 0 Å². The number of nitrogens with one attached hydrogen (secondary N) is 2. The molecule has 2 aromatic carbocycles. The number of phenolic OH excluding ortho intramolecular Hbond substituents is 1. The van der Waals surface area contributed by atoms with E-state index in [1.807, 2.05) is 27.7 Å². The molecule has 0 bridgehead atoms.